The van der Waals surface area contributed by atoms with Crippen LogP contribution in [0, 0.1) is 23.1 Å². The summed E-state index contributed by atoms with van der Waals surface area (Å²) in [6.07, 6.45) is 0.0356. The Morgan fingerprint density at radius 3 is 3.05 bits per heavy atom. The number of nitrogens with zero attached hydrogens (tertiary/aromatic N) is 2. The van der Waals surface area contributed by atoms with Gasteiger partial charge in [0.15, 0.2) is 0 Å². The fourth-order valence-corrected chi connectivity index (χ4v) is 2.94. The fraction of sp³-hybridized carbons (Fsp3) is 0.467. The van der Waals surface area contributed by atoms with Crippen LogP contribution >= 0.6 is 11.6 Å². The van der Waals surface area contributed by atoms with Gasteiger partial charge in [-0.3, -0.25) is 0 Å². The Morgan fingerprint density at radius 2 is 2.41 bits per heavy atom. The maximum absolute atomic E-state index is 13.3. The number of carbonyl (C=O) groups is 1. The molecule has 2 rings (SSSR count). The van der Waals surface area contributed by atoms with Crippen LogP contribution in [0.2, 0.25) is 5.02 Å². The minimum atomic E-state index is -0.971. The molecule has 1 amide bonds. The fourth-order valence-electron chi connectivity index (χ4n) is 2.75. The number of ether oxygens (including phenoxy) is 1. The standard InChI is InChI=1S/C15H16ClFN2O3/c16-12-8-10(3-4-13(12)17)14(22-7-5-18)11-2-1-6-19(9-11)15(20)21/h3-4,8,11,14H,1-2,6-7,9H2,(H,20,21)/t11?,14-/m0/s1. The van der Waals surface area contributed by atoms with E-state index in [-0.39, 0.29) is 17.5 Å². The van der Waals surface area contributed by atoms with Crippen LogP contribution in [0.25, 0.3) is 0 Å². The van der Waals surface area contributed by atoms with E-state index in [4.69, 9.17) is 26.7 Å². The van der Waals surface area contributed by atoms with Crippen molar-refractivity contribution in [2.24, 2.45) is 5.92 Å². The van der Waals surface area contributed by atoms with E-state index in [2.05, 4.69) is 0 Å². The van der Waals surface area contributed by atoms with Crippen molar-refractivity contribution in [3.8, 4) is 6.07 Å². The van der Waals surface area contributed by atoms with E-state index in [1.807, 2.05) is 6.07 Å². The number of benzene rings is 1. The molecule has 0 saturated carbocycles. The molecule has 1 heterocycles. The molecule has 0 spiro atoms. The molecular formula is C15H16ClFN2O3. The van der Waals surface area contributed by atoms with Crippen molar-refractivity contribution in [1.29, 1.82) is 5.26 Å². The number of nitriles is 1. The highest BCUT2D eigenvalue weighted by Crippen LogP contribution is 2.34. The maximum atomic E-state index is 13.3. The molecule has 0 bridgehead atoms. The van der Waals surface area contributed by atoms with Gasteiger partial charge >= 0.3 is 6.09 Å². The average Bonchev–Trinajstić information content (AvgIpc) is 2.51. The summed E-state index contributed by atoms with van der Waals surface area (Å²) in [6.45, 7) is 0.685. The number of rotatable bonds is 4. The zero-order valence-electron chi connectivity index (χ0n) is 11.8. The van der Waals surface area contributed by atoms with Crippen molar-refractivity contribution in [3.63, 3.8) is 0 Å². The third-order valence-electron chi connectivity index (χ3n) is 3.76. The van der Waals surface area contributed by atoms with E-state index in [1.165, 1.54) is 17.0 Å². The second-order valence-electron chi connectivity index (χ2n) is 5.19. The number of halogens is 2. The van der Waals surface area contributed by atoms with Crippen molar-refractivity contribution in [2.75, 3.05) is 19.7 Å². The van der Waals surface area contributed by atoms with E-state index in [0.717, 1.165) is 12.8 Å². The van der Waals surface area contributed by atoms with Gasteiger partial charge < -0.3 is 14.7 Å². The first-order valence-corrected chi connectivity index (χ1v) is 7.32. The Morgan fingerprint density at radius 1 is 1.64 bits per heavy atom. The van der Waals surface area contributed by atoms with E-state index >= 15 is 0 Å². The Hall–Kier alpha value is -1.84. The molecule has 1 aromatic rings. The first-order valence-electron chi connectivity index (χ1n) is 6.94. The average molecular weight is 327 g/mol. The normalized spacial score (nSPS) is 19.5. The highest BCUT2D eigenvalue weighted by atomic mass is 35.5. The molecule has 1 unspecified atom stereocenters. The van der Waals surface area contributed by atoms with Gasteiger partial charge in [-0.2, -0.15) is 5.26 Å². The summed E-state index contributed by atoms with van der Waals surface area (Å²) in [7, 11) is 0. The zero-order chi connectivity index (χ0) is 16.1. The Kier molecular flexibility index (Phi) is 5.58. The zero-order valence-corrected chi connectivity index (χ0v) is 12.6. The summed E-state index contributed by atoms with van der Waals surface area (Å²) in [6, 6.07) is 6.19. The summed E-state index contributed by atoms with van der Waals surface area (Å²) in [4.78, 5) is 12.5. The molecule has 22 heavy (non-hydrogen) atoms. The molecule has 118 valence electrons. The first-order chi connectivity index (χ1) is 10.5. The van der Waals surface area contributed by atoms with Crippen molar-refractivity contribution in [3.05, 3.63) is 34.6 Å². The first kappa shape index (κ1) is 16.5. The Labute approximate surface area is 132 Å². The molecule has 7 heteroatoms. The maximum Gasteiger partial charge on any atom is 0.407 e. The third kappa shape index (κ3) is 3.87. The van der Waals surface area contributed by atoms with E-state index in [9.17, 15) is 9.18 Å². The lowest BCUT2D eigenvalue weighted by molar-refractivity contribution is 0.00139. The molecule has 1 N–H and O–H groups in total. The summed E-state index contributed by atoms with van der Waals surface area (Å²) in [5.41, 5.74) is 0.652. The minimum Gasteiger partial charge on any atom is -0.465 e. The molecule has 1 aliphatic rings. The molecule has 1 aliphatic heterocycles. The van der Waals surface area contributed by atoms with E-state index < -0.39 is 18.0 Å². The van der Waals surface area contributed by atoms with Gasteiger partial charge in [0.2, 0.25) is 0 Å². The molecule has 2 atom stereocenters. The van der Waals surface area contributed by atoms with Gasteiger partial charge in [0, 0.05) is 19.0 Å². The highest BCUT2D eigenvalue weighted by Gasteiger charge is 2.31. The number of hydrogen-bond acceptors (Lipinski definition) is 3. The van der Waals surface area contributed by atoms with Crippen molar-refractivity contribution in [2.45, 2.75) is 18.9 Å². The molecule has 1 fully saturated rings. The van der Waals surface area contributed by atoms with Gasteiger partial charge in [0.05, 0.1) is 17.2 Å². The van der Waals surface area contributed by atoms with Gasteiger partial charge in [-0.25, -0.2) is 9.18 Å². The second kappa shape index (κ2) is 7.43. The van der Waals surface area contributed by atoms with Crippen LogP contribution in [0.1, 0.15) is 24.5 Å². The number of amides is 1. The minimum absolute atomic E-state index is 0.0195. The van der Waals surface area contributed by atoms with Gasteiger partial charge in [0.25, 0.3) is 0 Å². The van der Waals surface area contributed by atoms with Crippen LogP contribution in [0.5, 0.6) is 0 Å². The number of piperidine rings is 1. The molecule has 0 aromatic heterocycles. The molecular weight excluding hydrogens is 311 g/mol. The monoisotopic (exact) mass is 326 g/mol. The largest absolute Gasteiger partial charge is 0.465 e. The summed E-state index contributed by atoms with van der Waals surface area (Å²) < 4.78 is 18.9. The topological polar surface area (TPSA) is 73.6 Å². The number of carboxylic acid groups (broad SMARTS) is 1. The number of likely N-dealkylation sites (tertiary alicyclic amines) is 1. The van der Waals surface area contributed by atoms with Crippen LogP contribution in [0.4, 0.5) is 9.18 Å². The Bertz CT molecular complexity index is 591. The quantitative estimate of drug-likeness (QED) is 0.919. The summed E-state index contributed by atoms with van der Waals surface area (Å²) in [5, 5.41) is 17.8. The van der Waals surface area contributed by atoms with Crippen molar-refractivity contribution >= 4 is 17.7 Å². The predicted octanol–water partition coefficient (Wildman–Crippen LogP) is 3.45. The van der Waals surface area contributed by atoms with Gasteiger partial charge in [-0.1, -0.05) is 17.7 Å². The van der Waals surface area contributed by atoms with Crippen LogP contribution in [-0.2, 0) is 4.74 Å². The SMILES string of the molecule is N#CCO[C@@H](c1ccc(F)c(Cl)c1)C1CCCN(C(=O)O)C1. The van der Waals surface area contributed by atoms with Crippen LogP contribution in [-0.4, -0.2) is 35.8 Å². The summed E-state index contributed by atoms with van der Waals surface area (Å²) in [5.74, 6) is -0.625. The van der Waals surface area contributed by atoms with E-state index in [0.29, 0.717) is 18.7 Å². The molecule has 0 radical (unpaired) electrons. The molecule has 5 nitrogen and oxygen atoms in total. The van der Waals surface area contributed by atoms with Gasteiger partial charge in [0.1, 0.15) is 12.4 Å². The van der Waals surface area contributed by atoms with Crippen LogP contribution in [0.3, 0.4) is 0 Å². The molecule has 1 saturated heterocycles. The smallest absolute Gasteiger partial charge is 0.407 e. The van der Waals surface area contributed by atoms with Crippen LogP contribution < -0.4 is 0 Å². The molecule has 1 aromatic carbocycles. The second-order valence-corrected chi connectivity index (χ2v) is 5.60. The summed E-state index contributed by atoms with van der Waals surface area (Å²) >= 11 is 5.81. The lowest BCUT2D eigenvalue weighted by Gasteiger charge is -2.35. The van der Waals surface area contributed by atoms with Gasteiger partial charge in [-0.05, 0) is 30.5 Å². The third-order valence-corrected chi connectivity index (χ3v) is 4.05. The van der Waals surface area contributed by atoms with Gasteiger partial charge in [-0.15, -0.1) is 0 Å². The Balaban J connectivity index is 2.23. The lowest BCUT2D eigenvalue weighted by atomic mass is 9.88. The highest BCUT2D eigenvalue weighted by molar-refractivity contribution is 6.30. The van der Waals surface area contributed by atoms with E-state index in [1.54, 1.807) is 6.07 Å². The van der Waals surface area contributed by atoms with Crippen molar-refractivity contribution < 1.29 is 19.0 Å². The molecule has 0 aliphatic carbocycles. The van der Waals surface area contributed by atoms with Crippen molar-refractivity contribution in [1.82, 2.24) is 4.90 Å². The predicted molar refractivity (Wildman–Crippen MR) is 78.0 cm³/mol. The van der Waals surface area contributed by atoms with Crippen LogP contribution in [0.15, 0.2) is 18.2 Å². The number of hydrogen-bond donors (Lipinski definition) is 1. The lowest BCUT2D eigenvalue weighted by Crippen LogP contribution is -2.41.